The smallest absolute Gasteiger partial charge is 0.265 e. The topological polar surface area (TPSA) is 207 Å². The van der Waals surface area contributed by atoms with Crippen molar-refractivity contribution in [2.45, 2.75) is 109 Å². The lowest BCUT2D eigenvalue weighted by Crippen LogP contribution is -2.47. The molecular formula is C114H87N11O7S. The molecule has 0 unspecified atom stereocenters. The Morgan fingerprint density at radius 1 is 0.391 bits per heavy atom. The number of rotatable bonds is 13. The summed E-state index contributed by atoms with van der Waals surface area (Å²) in [6, 6.07) is 54.6. The molecule has 14 rings (SSSR count). The standard InChI is InChI=1S/C43H4.C22H21N.C21H25N5O2.C13H18N4O5S.C9H11N.C5H4.CH4/c1-3-5-7-9-11-13-15-17-19-21-23-25-27-29-31-33-35-37-39-41-43-42-40-38-36-34-32-30-28-26-24-22-20-18-16-14-12-10-8-6-4-2;1-4-10-18(11-5-1)21-16-23(17-21)22(19-12-6-2-7-13-19)20-14-8-3-9-15-20;1-14(25-12-16(13-25)15-5-3-2-4-6-15)19-23-20-18(21(27)24-19)11-22-26(20)17-7-9-28-10-8-17;1-8(22-23(2,19)20)11-15-12-10(13(18)16-11)7-14-17(12)9-3-5-21-6-4-9;1-2-4-8(5-3-1)9-6-10-7-9;1-3-5-4-2;/h1H,2H3;1-15,21-22H,16-17H2;2-6,11,14,16-17H,7-10,12-13H2,1H3,(H,23,24,27);7-9H,3-6H2,1-2H3,(H,15,16,18);1-5,9-10H,6-7H2;1H,2H3;1H4/t;;14-;8-;;;/m..10.../s1. The fraction of sp³-hybridized carbons (Fsp3) is 0.246. The lowest BCUT2D eigenvalue weighted by molar-refractivity contribution is 0.0671. The molecule has 5 aliphatic rings. The Kier molecular flexibility index (Phi) is 44.4. The molecule has 2 atom stereocenters. The number of nitrogens with zero attached hydrogens (tertiary/aromatic N) is 8. The monoisotopic (exact) mass is 1750 g/mol. The summed E-state index contributed by atoms with van der Waals surface area (Å²) < 4.78 is 41.8. The molecule has 5 aromatic carbocycles. The third-order valence-electron chi connectivity index (χ3n) is 19.5. The second-order valence-electron chi connectivity index (χ2n) is 28.3. The van der Waals surface area contributed by atoms with E-state index in [1.807, 2.05) is 10.7 Å². The van der Waals surface area contributed by atoms with Crippen LogP contribution in [-0.4, -0.2) is 130 Å². The van der Waals surface area contributed by atoms with Crippen molar-refractivity contribution in [1.29, 1.82) is 0 Å². The van der Waals surface area contributed by atoms with Gasteiger partial charge in [-0.2, -0.15) is 18.6 Å². The molecule has 9 heterocycles. The van der Waals surface area contributed by atoms with Gasteiger partial charge in [0, 0.05) is 226 Å². The van der Waals surface area contributed by atoms with Crippen LogP contribution < -0.4 is 16.4 Å². The van der Waals surface area contributed by atoms with E-state index >= 15 is 0 Å². The minimum atomic E-state index is -3.66. The molecule has 4 aromatic heterocycles. The Bertz CT molecular complexity index is 7390. The van der Waals surface area contributed by atoms with E-state index in [0.29, 0.717) is 53.2 Å². The van der Waals surface area contributed by atoms with Gasteiger partial charge in [-0.25, -0.2) is 19.3 Å². The molecule has 133 heavy (non-hydrogen) atoms. The molecule has 0 spiro atoms. The van der Waals surface area contributed by atoms with Crippen LogP contribution in [0.25, 0.3) is 22.1 Å². The quantitative estimate of drug-likeness (QED) is 0.0725. The number of likely N-dealkylation sites (tertiary alicyclic amines) is 2. The molecular weight excluding hydrogens is 1670 g/mol. The van der Waals surface area contributed by atoms with Gasteiger partial charge in [0.25, 0.3) is 21.2 Å². The highest BCUT2D eigenvalue weighted by atomic mass is 32.2. The van der Waals surface area contributed by atoms with E-state index in [0.717, 1.165) is 96.2 Å². The predicted octanol–water partition coefficient (Wildman–Crippen LogP) is 11.4. The summed E-state index contributed by atoms with van der Waals surface area (Å²) in [6.07, 6.45) is 16.2. The maximum atomic E-state index is 12.6. The second kappa shape index (κ2) is 58.6. The fourth-order valence-corrected chi connectivity index (χ4v) is 13.7. The molecule has 18 nitrogen and oxygen atoms in total. The van der Waals surface area contributed by atoms with E-state index in [-0.39, 0.29) is 42.5 Å². The van der Waals surface area contributed by atoms with Crippen LogP contribution in [0.1, 0.15) is 148 Å². The van der Waals surface area contributed by atoms with Crippen LogP contribution in [0.2, 0.25) is 0 Å². The summed E-state index contributed by atoms with van der Waals surface area (Å²) >= 11 is 0. The van der Waals surface area contributed by atoms with Crippen molar-refractivity contribution in [2.24, 2.45) is 0 Å². The summed E-state index contributed by atoms with van der Waals surface area (Å²) in [5.74, 6) is 112. The maximum Gasteiger partial charge on any atom is 0.265 e. The van der Waals surface area contributed by atoms with Gasteiger partial charge in [-0.05, 0) is 188 Å². The molecule has 0 saturated carbocycles. The molecule has 9 aromatic rings. The van der Waals surface area contributed by atoms with Gasteiger partial charge in [-0.1, -0.05) is 171 Å². The molecule has 19 heteroatoms. The zero-order chi connectivity index (χ0) is 93.1. The van der Waals surface area contributed by atoms with Crippen LogP contribution in [0.15, 0.2) is 174 Å². The van der Waals surface area contributed by atoms with Crippen LogP contribution in [0.5, 0.6) is 0 Å². The Morgan fingerprint density at radius 2 is 0.677 bits per heavy atom. The summed E-state index contributed by atoms with van der Waals surface area (Å²) in [4.78, 5) is 44.5. The number of H-pyrrole nitrogens is 2. The van der Waals surface area contributed by atoms with Gasteiger partial charge in [0.15, 0.2) is 11.3 Å². The number of hydrogen-bond acceptors (Lipinski definition) is 14. The zero-order valence-electron chi connectivity index (χ0n) is 73.1. The lowest BCUT2D eigenvalue weighted by Gasteiger charge is -2.45. The number of aromatic nitrogens is 8. The highest BCUT2D eigenvalue weighted by molar-refractivity contribution is 7.86. The molecule has 5 saturated heterocycles. The van der Waals surface area contributed by atoms with Crippen molar-refractivity contribution >= 4 is 32.2 Å². The number of aromatic amines is 2. The van der Waals surface area contributed by atoms with Crippen LogP contribution in [0, 0.1) is 273 Å². The van der Waals surface area contributed by atoms with E-state index in [4.69, 9.17) is 31.5 Å². The Hall–Kier alpha value is -17.6. The van der Waals surface area contributed by atoms with Gasteiger partial charge in [0.05, 0.1) is 42.8 Å². The number of ether oxygens (including phenoxy) is 2. The summed E-state index contributed by atoms with van der Waals surface area (Å²) in [5, 5.41) is 12.9. The van der Waals surface area contributed by atoms with Gasteiger partial charge in [-0.3, -0.25) is 23.6 Å². The van der Waals surface area contributed by atoms with Gasteiger partial charge in [0.1, 0.15) is 28.5 Å². The molecule has 5 fully saturated rings. The average Bonchev–Trinajstić information content (AvgIpc) is 1.65. The summed E-state index contributed by atoms with van der Waals surface area (Å²) in [7, 11) is -3.66. The van der Waals surface area contributed by atoms with Crippen molar-refractivity contribution in [1.82, 2.24) is 54.6 Å². The first-order valence-electron chi connectivity index (χ1n) is 41.4. The van der Waals surface area contributed by atoms with Crippen LogP contribution >= 0.6 is 0 Å². The fourth-order valence-electron chi connectivity index (χ4n) is 13.1. The first-order valence-corrected chi connectivity index (χ1v) is 43.3. The zero-order valence-corrected chi connectivity index (χ0v) is 73.9. The van der Waals surface area contributed by atoms with Crippen molar-refractivity contribution in [3.63, 3.8) is 0 Å². The van der Waals surface area contributed by atoms with Crippen LogP contribution in [-0.2, 0) is 23.8 Å². The van der Waals surface area contributed by atoms with Crippen molar-refractivity contribution in [2.75, 3.05) is 72.0 Å². The maximum absolute atomic E-state index is 12.6. The van der Waals surface area contributed by atoms with E-state index in [1.165, 1.54) is 40.9 Å². The van der Waals surface area contributed by atoms with E-state index in [2.05, 4.69) is 453 Å². The number of nitrogens with one attached hydrogen (secondary N) is 3. The predicted molar refractivity (Wildman–Crippen MR) is 525 cm³/mol. The van der Waals surface area contributed by atoms with E-state index in [9.17, 15) is 18.0 Å². The minimum Gasteiger partial charge on any atom is -0.381 e. The molecule has 0 radical (unpaired) electrons. The van der Waals surface area contributed by atoms with Crippen LogP contribution in [0.3, 0.4) is 0 Å². The van der Waals surface area contributed by atoms with E-state index in [1.54, 1.807) is 24.7 Å². The van der Waals surface area contributed by atoms with Gasteiger partial charge >= 0.3 is 0 Å². The lowest BCUT2D eigenvalue weighted by atomic mass is 9.86. The normalized spacial score (nSPS) is 12.9. The molecule has 0 amide bonds. The highest BCUT2D eigenvalue weighted by Gasteiger charge is 2.36. The SMILES string of the molecule is C.C#CC#CC.C#CC#CC#CC#CC#CC#CC#CC#CC#CC#CC#CC#CC#CC#CC#CC#CC#CC#CC#CC#CC#CC.C[C@H](OS(C)(=O)=O)c1nc2c(cnn2C2CCOCC2)c(=O)[nH]1.C[C@H](c1nc2c(cnn2C2CCOCC2)c(=O)[nH]1)N1CC(c2ccccc2)C1.c1ccc(C2CN(C(c3ccccc3)c3ccccc3)C2)cc1.c1ccc(C2CNC2)cc1. The molecule has 0 aliphatic carbocycles. The summed E-state index contributed by atoms with van der Waals surface area (Å²) in [6.45, 7) is 16.3. The van der Waals surface area contributed by atoms with Crippen LogP contribution in [0.4, 0.5) is 0 Å². The van der Waals surface area contributed by atoms with Crippen molar-refractivity contribution in [3.05, 3.63) is 224 Å². The molecule has 0 bridgehead atoms. The first-order chi connectivity index (χ1) is 64.8. The molecule has 5 aliphatic heterocycles. The van der Waals surface area contributed by atoms with E-state index < -0.39 is 16.2 Å². The van der Waals surface area contributed by atoms with Crippen molar-refractivity contribution in [3.8, 4) is 273 Å². The number of terminal acetylenes is 2. The minimum absolute atomic E-state index is 0. The number of benzene rings is 5. The third kappa shape index (κ3) is 35.6. The summed E-state index contributed by atoms with van der Waals surface area (Å²) in [5.41, 5.74) is 7.72. The first kappa shape index (κ1) is 101. The molecule has 3 N–H and O–H groups in total. The average molecular weight is 1760 g/mol. The van der Waals surface area contributed by atoms with Gasteiger partial charge < -0.3 is 24.8 Å². The Labute approximate surface area is 782 Å². The van der Waals surface area contributed by atoms with Gasteiger partial charge in [-0.15, -0.1) is 12.8 Å². The van der Waals surface area contributed by atoms with Crippen molar-refractivity contribution < 1.29 is 22.1 Å². The van der Waals surface area contributed by atoms with Gasteiger partial charge in [0.2, 0.25) is 0 Å². The Morgan fingerprint density at radius 3 is 0.970 bits per heavy atom. The third-order valence-corrected chi connectivity index (χ3v) is 20.1. The largest absolute Gasteiger partial charge is 0.381 e. The Balaban J connectivity index is 0.000000211. The number of hydrogen-bond donors (Lipinski definition) is 3. The number of fused-ring (bicyclic) bond motifs is 2. The highest BCUT2D eigenvalue weighted by Crippen LogP contribution is 2.39. The second-order valence-corrected chi connectivity index (χ2v) is 29.9. The molecule has 646 valence electrons.